The fourth-order valence-electron chi connectivity index (χ4n) is 2.66. The molecule has 0 spiro atoms. The Kier molecular flexibility index (Phi) is 10.4. The maximum Gasteiger partial charge on any atom is 0.355 e. The number of esters is 2. The third-order valence-corrected chi connectivity index (χ3v) is 6.84. The Morgan fingerprint density at radius 1 is 1.18 bits per heavy atom. The van der Waals surface area contributed by atoms with Gasteiger partial charge in [0.25, 0.3) is 0 Å². The average Bonchev–Trinajstić information content (AvgIpc) is 2.77. The summed E-state index contributed by atoms with van der Waals surface area (Å²) in [5, 5.41) is 0.970. The molecular weight excluding hydrogens is 581 g/mol. The molecule has 0 saturated carbocycles. The first kappa shape index (κ1) is 27.9. The van der Waals surface area contributed by atoms with Crippen LogP contribution in [0.15, 0.2) is 47.0 Å². The molecule has 0 radical (unpaired) electrons. The third-order valence-electron chi connectivity index (χ3n) is 4.22. The number of alkyl halides is 4. The van der Waals surface area contributed by atoms with Crippen LogP contribution in [0.2, 0.25) is 0 Å². The van der Waals surface area contributed by atoms with Crippen molar-refractivity contribution in [2.45, 2.75) is 34.4 Å². The van der Waals surface area contributed by atoms with Crippen LogP contribution in [0.3, 0.4) is 0 Å². The molecule has 33 heavy (non-hydrogen) atoms. The second kappa shape index (κ2) is 12.4. The molecule has 1 saturated heterocycles. The molecule has 1 aliphatic rings. The number of methoxy groups -OCH3 is 1. The van der Waals surface area contributed by atoms with E-state index < -0.39 is 32.5 Å². The Hall–Kier alpha value is -1.39. The fraction of sp³-hybridized carbons (Fsp3) is 0.381. The van der Waals surface area contributed by atoms with Gasteiger partial charge in [-0.1, -0.05) is 62.9 Å². The SMILES string of the molecule is COc1ccc(COC(=O)C(=C(C)C)N2C(=O)C(Br)C2S/C=C/C(=O)OCC(Cl)(Cl)Cl)cc1. The molecule has 1 aliphatic heterocycles. The van der Waals surface area contributed by atoms with E-state index in [4.69, 9.17) is 49.0 Å². The summed E-state index contributed by atoms with van der Waals surface area (Å²) < 4.78 is 13.6. The number of β-lactam (4-membered cyclic amide) rings is 1. The summed E-state index contributed by atoms with van der Waals surface area (Å²) in [6.07, 6.45) is 1.14. The maximum atomic E-state index is 12.8. The summed E-state index contributed by atoms with van der Waals surface area (Å²) in [6, 6.07) is 7.08. The van der Waals surface area contributed by atoms with Crippen molar-refractivity contribution in [2.75, 3.05) is 13.7 Å². The van der Waals surface area contributed by atoms with Crippen molar-refractivity contribution in [1.29, 1.82) is 0 Å². The molecule has 180 valence electrons. The van der Waals surface area contributed by atoms with E-state index in [1.165, 1.54) is 10.3 Å². The number of hydrogen-bond donors (Lipinski definition) is 0. The molecule has 0 aromatic heterocycles. The van der Waals surface area contributed by atoms with Crippen LogP contribution in [0.5, 0.6) is 5.75 Å². The van der Waals surface area contributed by atoms with Crippen LogP contribution in [0.4, 0.5) is 0 Å². The normalized spacial score (nSPS) is 18.0. The highest BCUT2D eigenvalue weighted by atomic mass is 79.9. The number of benzene rings is 1. The van der Waals surface area contributed by atoms with Gasteiger partial charge in [-0.25, -0.2) is 9.59 Å². The zero-order valence-electron chi connectivity index (χ0n) is 17.8. The topological polar surface area (TPSA) is 82.1 Å². The lowest BCUT2D eigenvalue weighted by molar-refractivity contribution is -0.149. The predicted octanol–water partition coefficient (Wildman–Crippen LogP) is 5.12. The molecule has 1 aromatic carbocycles. The number of hydrogen-bond acceptors (Lipinski definition) is 7. The van der Waals surface area contributed by atoms with Crippen molar-refractivity contribution < 1.29 is 28.6 Å². The van der Waals surface area contributed by atoms with Crippen molar-refractivity contribution in [3.8, 4) is 5.75 Å². The highest BCUT2D eigenvalue weighted by molar-refractivity contribution is 9.10. The van der Waals surface area contributed by atoms with Gasteiger partial charge in [0.1, 0.15) is 34.9 Å². The van der Waals surface area contributed by atoms with E-state index in [2.05, 4.69) is 15.9 Å². The molecule has 1 heterocycles. The minimum absolute atomic E-state index is 0.0339. The van der Waals surface area contributed by atoms with Crippen LogP contribution in [-0.2, 0) is 30.5 Å². The van der Waals surface area contributed by atoms with Crippen molar-refractivity contribution in [1.82, 2.24) is 4.90 Å². The third kappa shape index (κ3) is 8.10. The summed E-state index contributed by atoms with van der Waals surface area (Å²) in [4.78, 5) is 37.9. The van der Waals surface area contributed by atoms with Gasteiger partial charge in [-0.3, -0.25) is 9.69 Å². The van der Waals surface area contributed by atoms with Gasteiger partial charge in [-0.2, -0.15) is 0 Å². The fourth-order valence-corrected chi connectivity index (χ4v) is 4.59. The van der Waals surface area contributed by atoms with E-state index in [1.807, 2.05) is 0 Å². The number of allylic oxidation sites excluding steroid dienone is 1. The largest absolute Gasteiger partial charge is 0.497 e. The molecule has 2 atom stereocenters. The molecule has 1 fully saturated rings. The van der Waals surface area contributed by atoms with Gasteiger partial charge in [0.2, 0.25) is 9.70 Å². The maximum absolute atomic E-state index is 12.8. The van der Waals surface area contributed by atoms with Gasteiger partial charge >= 0.3 is 11.9 Å². The van der Waals surface area contributed by atoms with Crippen molar-refractivity contribution in [3.63, 3.8) is 0 Å². The molecular formula is C21H21BrCl3NO6S. The molecule has 1 aromatic rings. The average molecular weight is 602 g/mol. The van der Waals surface area contributed by atoms with Crippen LogP contribution in [0, 0.1) is 0 Å². The van der Waals surface area contributed by atoms with Crippen LogP contribution < -0.4 is 4.74 Å². The lowest BCUT2D eigenvalue weighted by Crippen LogP contribution is -2.60. The van der Waals surface area contributed by atoms with E-state index in [-0.39, 0.29) is 18.2 Å². The minimum Gasteiger partial charge on any atom is -0.497 e. The predicted molar refractivity (Wildman–Crippen MR) is 132 cm³/mol. The standard InChI is InChI=1S/C21H21BrCl3NO6S/c1-12(2)17(20(29)31-10-13-4-6-14(30-3)7-5-13)26-18(28)16(22)19(26)33-9-8-15(27)32-11-21(23,24)25/h4-9,16,19H,10-11H2,1-3H3/b9-8+. The zero-order chi connectivity index (χ0) is 24.8. The first-order valence-corrected chi connectivity index (χ1v) is 12.4. The van der Waals surface area contributed by atoms with Crippen molar-refractivity contribution >= 4 is 80.3 Å². The summed E-state index contributed by atoms with van der Waals surface area (Å²) >= 11 is 21.1. The van der Waals surface area contributed by atoms with E-state index in [1.54, 1.807) is 45.2 Å². The van der Waals surface area contributed by atoms with Crippen LogP contribution in [0.25, 0.3) is 0 Å². The molecule has 0 N–H and O–H groups in total. The minimum atomic E-state index is -1.71. The number of carbonyl (C=O) groups excluding carboxylic acids is 3. The monoisotopic (exact) mass is 599 g/mol. The van der Waals surface area contributed by atoms with Crippen LogP contribution >= 0.6 is 62.5 Å². The van der Waals surface area contributed by atoms with Gasteiger partial charge in [0, 0.05) is 6.08 Å². The summed E-state index contributed by atoms with van der Waals surface area (Å²) in [5.74, 6) is -0.945. The lowest BCUT2D eigenvalue weighted by Gasteiger charge is -2.44. The molecule has 12 heteroatoms. The van der Waals surface area contributed by atoms with Gasteiger partial charge < -0.3 is 14.2 Å². The number of amides is 1. The molecule has 0 bridgehead atoms. The summed E-state index contributed by atoms with van der Waals surface area (Å²) in [6.45, 7) is 3.06. The van der Waals surface area contributed by atoms with Crippen molar-refractivity contribution in [2.24, 2.45) is 0 Å². The Bertz CT molecular complexity index is 944. The van der Waals surface area contributed by atoms with Gasteiger partial charge in [-0.05, 0) is 42.5 Å². The Labute approximate surface area is 219 Å². The number of carbonyl (C=O) groups is 3. The number of halogens is 4. The van der Waals surface area contributed by atoms with Crippen LogP contribution in [0.1, 0.15) is 19.4 Å². The van der Waals surface area contributed by atoms with Gasteiger partial charge in [-0.15, -0.1) is 11.8 Å². The first-order valence-electron chi connectivity index (χ1n) is 9.44. The highest BCUT2D eigenvalue weighted by Gasteiger charge is 2.49. The smallest absolute Gasteiger partial charge is 0.355 e. The Morgan fingerprint density at radius 3 is 2.36 bits per heavy atom. The lowest BCUT2D eigenvalue weighted by atomic mass is 10.1. The second-order valence-electron chi connectivity index (χ2n) is 6.94. The highest BCUT2D eigenvalue weighted by Crippen LogP contribution is 2.39. The number of nitrogens with zero attached hydrogens (tertiary/aromatic N) is 1. The van der Waals surface area contributed by atoms with E-state index in [9.17, 15) is 14.4 Å². The van der Waals surface area contributed by atoms with E-state index >= 15 is 0 Å². The van der Waals surface area contributed by atoms with Crippen molar-refractivity contribution in [3.05, 3.63) is 52.6 Å². The summed E-state index contributed by atoms with van der Waals surface area (Å²) in [5.41, 5.74) is 1.53. The number of ether oxygens (including phenoxy) is 3. The first-order chi connectivity index (χ1) is 15.4. The van der Waals surface area contributed by atoms with E-state index in [0.29, 0.717) is 11.3 Å². The van der Waals surface area contributed by atoms with Crippen LogP contribution in [-0.4, -0.2) is 50.5 Å². The zero-order valence-corrected chi connectivity index (χ0v) is 22.5. The number of thioether (sulfide) groups is 1. The quantitative estimate of drug-likeness (QED) is 0.168. The van der Waals surface area contributed by atoms with E-state index in [0.717, 1.165) is 23.4 Å². The van der Waals surface area contributed by atoms with Gasteiger partial charge in [0.15, 0.2) is 0 Å². The molecule has 1 amide bonds. The number of rotatable bonds is 9. The Morgan fingerprint density at radius 2 is 1.82 bits per heavy atom. The summed E-state index contributed by atoms with van der Waals surface area (Å²) in [7, 11) is 1.56. The molecule has 2 rings (SSSR count). The van der Waals surface area contributed by atoms with Gasteiger partial charge in [0.05, 0.1) is 7.11 Å². The molecule has 2 unspecified atom stereocenters. The molecule has 7 nitrogen and oxygen atoms in total. The molecule has 0 aliphatic carbocycles. The Balaban J connectivity index is 2.02. The number of likely N-dealkylation sites (tertiary alicyclic amines) is 1. The second-order valence-corrected chi connectivity index (χ2v) is 11.5.